The van der Waals surface area contributed by atoms with E-state index in [9.17, 15) is 0 Å². The highest BCUT2D eigenvalue weighted by molar-refractivity contribution is 6.32. The maximum absolute atomic E-state index is 2.41. The van der Waals surface area contributed by atoms with Gasteiger partial charge in [0.05, 0.1) is 0 Å². The number of rotatable bonds is 7. The third-order valence-corrected chi connectivity index (χ3v) is 4.59. The van der Waals surface area contributed by atoms with Crippen LogP contribution >= 0.6 is 0 Å². The molecule has 0 aromatic carbocycles. The summed E-state index contributed by atoms with van der Waals surface area (Å²) in [5.41, 5.74) is 0.711. The van der Waals surface area contributed by atoms with Gasteiger partial charge in [-0.05, 0) is 30.3 Å². The summed E-state index contributed by atoms with van der Waals surface area (Å²) in [6, 6.07) is 0.672. The summed E-state index contributed by atoms with van der Waals surface area (Å²) in [6.07, 6.45) is 5.09. The summed E-state index contributed by atoms with van der Waals surface area (Å²) < 4.78 is 0. The first-order valence-corrected chi connectivity index (χ1v) is 7.17. The number of nitrogens with zero attached hydrogens (tertiary/aromatic N) is 1. The van der Waals surface area contributed by atoms with E-state index in [0.717, 1.165) is 6.32 Å². The van der Waals surface area contributed by atoms with E-state index >= 15 is 0 Å². The molecular formula is C15H33BN. The molecular weight excluding hydrogens is 205 g/mol. The molecule has 1 unspecified atom stereocenters. The smallest absolute Gasteiger partial charge is 0.208 e. The van der Waals surface area contributed by atoms with Crippen LogP contribution in [0.5, 0.6) is 0 Å². The summed E-state index contributed by atoms with van der Waals surface area (Å²) in [6.45, 7) is 16.3. The van der Waals surface area contributed by atoms with Gasteiger partial charge < -0.3 is 4.81 Å². The van der Waals surface area contributed by atoms with Gasteiger partial charge in [-0.25, -0.2) is 0 Å². The number of unbranched alkanes of at least 4 members (excludes halogenated alkanes) is 1. The van der Waals surface area contributed by atoms with Crippen molar-refractivity contribution < 1.29 is 0 Å². The molecule has 1 atom stereocenters. The standard InChI is InChI=1S/C15H33BN/c1-9-10-11-13(2)17(8)16-12-15(6,7)14(3,4)5/h13H,9-12H2,1-8H3. The molecule has 0 saturated carbocycles. The zero-order valence-electron chi connectivity index (χ0n) is 13.4. The van der Waals surface area contributed by atoms with Crippen LogP contribution in [0.3, 0.4) is 0 Å². The van der Waals surface area contributed by atoms with Crippen molar-refractivity contribution in [3.63, 3.8) is 0 Å². The first-order chi connectivity index (χ1) is 7.62. The zero-order valence-corrected chi connectivity index (χ0v) is 13.4. The third kappa shape index (κ3) is 5.95. The van der Waals surface area contributed by atoms with Gasteiger partial charge in [-0.2, -0.15) is 0 Å². The molecule has 0 rings (SSSR count). The second-order valence-corrected chi connectivity index (χ2v) is 7.18. The van der Waals surface area contributed by atoms with Gasteiger partial charge in [0.2, 0.25) is 7.41 Å². The summed E-state index contributed by atoms with van der Waals surface area (Å²) in [5.74, 6) is 0. The minimum Gasteiger partial charge on any atom is -0.347 e. The zero-order chi connectivity index (χ0) is 13.7. The SMILES string of the molecule is CCCCC(C)N(C)[B]CC(C)(C)C(C)(C)C. The van der Waals surface area contributed by atoms with E-state index in [2.05, 4.69) is 67.7 Å². The fourth-order valence-electron chi connectivity index (χ4n) is 1.56. The van der Waals surface area contributed by atoms with Gasteiger partial charge in [0.15, 0.2) is 0 Å². The first kappa shape index (κ1) is 17.0. The highest BCUT2D eigenvalue weighted by atomic mass is 15.0. The van der Waals surface area contributed by atoms with E-state index in [0.29, 0.717) is 16.9 Å². The van der Waals surface area contributed by atoms with Crippen molar-refractivity contribution in [2.75, 3.05) is 7.05 Å². The Morgan fingerprint density at radius 1 is 1.12 bits per heavy atom. The molecule has 101 valence electrons. The molecule has 0 aliphatic heterocycles. The van der Waals surface area contributed by atoms with Crippen molar-refractivity contribution in [3.05, 3.63) is 0 Å². The lowest BCUT2D eigenvalue weighted by atomic mass is 9.59. The van der Waals surface area contributed by atoms with Gasteiger partial charge in [-0.15, -0.1) is 0 Å². The predicted octanol–water partition coefficient (Wildman–Crippen LogP) is 4.61. The monoisotopic (exact) mass is 238 g/mol. The van der Waals surface area contributed by atoms with Crippen molar-refractivity contribution in [1.82, 2.24) is 4.81 Å². The van der Waals surface area contributed by atoms with Crippen LogP contribution in [0.2, 0.25) is 6.32 Å². The molecule has 0 saturated heterocycles. The van der Waals surface area contributed by atoms with E-state index in [1.165, 1.54) is 19.3 Å². The normalized spacial score (nSPS) is 15.1. The molecule has 17 heavy (non-hydrogen) atoms. The maximum atomic E-state index is 2.41. The van der Waals surface area contributed by atoms with Crippen molar-refractivity contribution in [1.29, 1.82) is 0 Å². The average molecular weight is 238 g/mol. The fraction of sp³-hybridized carbons (Fsp3) is 1.00. The minimum atomic E-state index is 0.353. The minimum absolute atomic E-state index is 0.353. The molecule has 0 aromatic heterocycles. The van der Waals surface area contributed by atoms with E-state index < -0.39 is 0 Å². The first-order valence-electron chi connectivity index (χ1n) is 7.17. The van der Waals surface area contributed by atoms with Crippen LogP contribution in [0.4, 0.5) is 0 Å². The molecule has 2 heteroatoms. The highest BCUT2D eigenvalue weighted by Gasteiger charge is 2.32. The van der Waals surface area contributed by atoms with Gasteiger partial charge in [0, 0.05) is 0 Å². The van der Waals surface area contributed by atoms with Gasteiger partial charge in [0.25, 0.3) is 0 Å². The van der Waals surface area contributed by atoms with Crippen LogP contribution in [-0.4, -0.2) is 25.3 Å². The third-order valence-electron chi connectivity index (χ3n) is 4.59. The average Bonchev–Trinajstić information content (AvgIpc) is 2.20. The van der Waals surface area contributed by atoms with E-state index in [1.807, 2.05) is 0 Å². The Balaban J connectivity index is 4.10. The quantitative estimate of drug-likeness (QED) is 0.585. The van der Waals surface area contributed by atoms with Crippen LogP contribution in [0.15, 0.2) is 0 Å². The van der Waals surface area contributed by atoms with Crippen LogP contribution in [0, 0.1) is 10.8 Å². The predicted molar refractivity (Wildman–Crippen MR) is 80.5 cm³/mol. The van der Waals surface area contributed by atoms with Gasteiger partial charge in [0.1, 0.15) is 0 Å². The molecule has 1 radical (unpaired) electrons. The second kappa shape index (κ2) is 6.82. The van der Waals surface area contributed by atoms with E-state index in [-0.39, 0.29) is 0 Å². The Kier molecular flexibility index (Phi) is 6.83. The maximum Gasteiger partial charge on any atom is 0.208 e. The molecule has 0 spiro atoms. The number of hydrogen-bond donors (Lipinski definition) is 0. The largest absolute Gasteiger partial charge is 0.347 e. The summed E-state index contributed by atoms with van der Waals surface area (Å²) >= 11 is 0. The molecule has 0 aliphatic rings. The summed E-state index contributed by atoms with van der Waals surface area (Å²) in [5, 5.41) is 0. The Labute approximate surface area is 111 Å². The Morgan fingerprint density at radius 3 is 2.06 bits per heavy atom. The Morgan fingerprint density at radius 2 is 1.65 bits per heavy atom. The fourth-order valence-corrected chi connectivity index (χ4v) is 1.56. The van der Waals surface area contributed by atoms with Crippen LogP contribution in [0.25, 0.3) is 0 Å². The Bertz CT molecular complexity index is 205. The van der Waals surface area contributed by atoms with Gasteiger partial charge >= 0.3 is 0 Å². The molecule has 0 aliphatic carbocycles. The van der Waals surface area contributed by atoms with Gasteiger partial charge in [-0.3, -0.25) is 0 Å². The summed E-state index contributed by atoms with van der Waals surface area (Å²) in [7, 11) is 4.62. The molecule has 0 amide bonds. The lowest BCUT2D eigenvalue weighted by molar-refractivity contribution is 0.153. The number of hydrogen-bond acceptors (Lipinski definition) is 1. The molecule has 0 N–H and O–H groups in total. The van der Waals surface area contributed by atoms with Crippen LogP contribution in [-0.2, 0) is 0 Å². The van der Waals surface area contributed by atoms with Crippen molar-refractivity contribution in [2.45, 2.75) is 80.1 Å². The second-order valence-electron chi connectivity index (χ2n) is 7.18. The topological polar surface area (TPSA) is 3.24 Å². The molecule has 1 nitrogen and oxygen atoms in total. The van der Waals surface area contributed by atoms with E-state index in [4.69, 9.17) is 0 Å². The van der Waals surface area contributed by atoms with Crippen molar-refractivity contribution in [3.8, 4) is 0 Å². The highest BCUT2D eigenvalue weighted by Crippen LogP contribution is 2.41. The van der Waals surface area contributed by atoms with Gasteiger partial charge in [-0.1, -0.05) is 67.6 Å². The van der Waals surface area contributed by atoms with Crippen molar-refractivity contribution in [2.24, 2.45) is 10.8 Å². The molecule has 0 fully saturated rings. The van der Waals surface area contributed by atoms with Crippen molar-refractivity contribution >= 4 is 7.41 Å². The lowest BCUT2D eigenvalue weighted by Crippen LogP contribution is -2.38. The van der Waals surface area contributed by atoms with E-state index in [1.54, 1.807) is 0 Å². The molecule has 0 bridgehead atoms. The lowest BCUT2D eigenvalue weighted by Gasteiger charge is -2.40. The molecule has 0 aromatic rings. The van der Waals surface area contributed by atoms with Crippen LogP contribution < -0.4 is 0 Å². The summed E-state index contributed by atoms with van der Waals surface area (Å²) in [4.78, 5) is 2.41. The van der Waals surface area contributed by atoms with Crippen LogP contribution in [0.1, 0.15) is 67.7 Å². The Hall–Kier alpha value is 0.0249. The molecule has 0 heterocycles.